The summed E-state index contributed by atoms with van der Waals surface area (Å²) in [4.78, 5) is 20.5. The van der Waals surface area contributed by atoms with Gasteiger partial charge in [0.25, 0.3) is 5.91 Å². The molecule has 1 amide bonds. The fraction of sp³-hybridized carbons (Fsp3) is 0.480. The van der Waals surface area contributed by atoms with E-state index in [1.165, 1.54) is 4.31 Å². The first-order valence-corrected chi connectivity index (χ1v) is 13.1. The first-order valence-electron chi connectivity index (χ1n) is 11.6. The van der Waals surface area contributed by atoms with E-state index in [0.29, 0.717) is 29.2 Å². The van der Waals surface area contributed by atoms with Crippen molar-refractivity contribution < 1.29 is 13.2 Å². The lowest BCUT2D eigenvalue weighted by atomic mass is 10.0. The second kappa shape index (κ2) is 8.78. The maximum Gasteiger partial charge on any atom is 0.254 e. The molecule has 0 saturated carbocycles. The van der Waals surface area contributed by atoms with Gasteiger partial charge in [-0.15, -0.1) is 0 Å². The zero-order valence-corrected chi connectivity index (χ0v) is 21.8. The fourth-order valence-electron chi connectivity index (χ4n) is 4.93. The van der Waals surface area contributed by atoms with Crippen molar-refractivity contribution >= 4 is 27.0 Å². The third kappa shape index (κ3) is 4.11. The van der Waals surface area contributed by atoms with Gasteiger partial charge in [-0.25, -0.2) is 13.4 Å². The fourth-order valence-corrected chi connectivity index (χ4v) is 6.77. The standard InChI is InChI=1S/C25H33N5O3S/c1-15(2)21-14-20(22-19(6)27-28(7)24(22)26-21)25(31)29-8-10-30(11-9-29)34(32,33)23-17(4)12-16(3)13-18(23)5/h12-15H,8-11H2,1-7H3. The maximum absolute atomic E-state index is 13.6. The first kappa shape index (κ1) is 24.3. The lowest BCUT2D eigenvalue weighted by molar-refractivity contribution is 0.0699. The number of sulfonamides is 1. The van der Waals surface area contributed by atoms with Gasteiger partial charge in [0, 0.05) is 38.9 Å². The summed E-state index contributed by atoms with van der Waals surface area (Å²) in [5.41, 5.74) is 5.42. The van der Waals surface area contributed by atoms with Crippen molar-refractivity contribution in [2.24, 2.45) is 7.05 Å². The number of benzene rings is 1. The van der Waals surface area contributed by atoms with Gasteiger partial charge >= 0.3 is 0 Å². The number of nitrogens with zero attached hydrogens (tertiary/aromatic N) is 5. The minimum atomic E-state index is -3.64. The summed E-state index contributed by atoms with van der Waals surface area (Å²) < 4.78 is 30.1. The number of pyridine rings is 1. The molecule has 2 aromatic heterocycles. The molecule has 34 heavy (non-hydrogen) atoms. The van der Waals surface area contributed by atoms with E-state index in [9.17, 15) is 13.2 Å². The minimum absolute atomic E-state index is 0.106. The van der Waals surface area contributed by atoms with Crippen LogP contribution in [0.2, 0.25) is 0 Å². The molecule has 0 atom stereocenters. The second-order valence-electron chi connectivity index (χ2n) is 9.58. The lowest BCUT2D eigenvalue weighted by Gasteiger charge is -2.34. The molecule has 1 aliphatic heterocycles. The molecular formula is C25H33N5O3S. The van der Waals surface area contributed by atoms with Gasteiger partial charge in [0.1, 0.15) is 0 Å². The molecule has 0 aliphatic carbocycles. The highest BCUT2D eigenvalue weighted by atomic mass is 32.2. The van der Waals surface area contributed by atoms with Crippen LogP contribution in [0.5, 0.6) is 0 Å². The van der Waals surface area contributed by atoms with Gasteiger partial charge in [-0.05, 0) is 50.8 Å². The molecule has 0 bridgehead atoms. The molecule has 1 aliphatic rings. The van der Waals surface area contributed by atoms with Gasteiger partial charge in [-0.3, -0.25) is 9.48 Å². The van der Waals surface area contributed by atoms with E-state index < -0.39 is 10.0 Å². The molecule has 8 nitrogen and oxygen atoms in total. The van der Waals surface area contributed by atoms with Crippen molar-refractivity contribution in [1.82, 2.24) is 24.0 Å². The van der Waals surface area contributed by atoms with E-state index in [-0.39, 0.29) is 24.9 Å². The van der Waals surface area contributed by atoms with Crippen molar-refractivity contribution in [1.29, 1.82) is 0 Å². The van der Waals surface area contributed by atoms with Crippen LogP contribution in [-0.2, 0) is 17.1 Å². The average molecular weight is 484 g/mol. The van der Waals surface area contributed by atoms with Crippen molar-refractivity contribution in [3.8, 4) is 0 Å². The topological polar surface area (TPSA) is 88.4 Å². The molecule has 0 radical (unpaired) electrons. The van der Waals surface area contributed by atoms with Crippen LogP contribution in [0, 0.1) is 27.7 Å². The van der Waals surface area contributed by atoms with Crippen LogP contribution < -0.4 is 0 Å². The molecule has 0 N–H and O–H groups in total. The molecule has 9 heteroatoms. The predicted octanol–water partition coefficient (Wildman–Crippen LogP) is 3.47. The highest BCUT2D eigenvalue weighted by molar-refractivity contribution is 7.89. The lowest BCUT2D eigenvalue weighted by Crippen LogP contribution is -2.50. The summed E-state index contributed by atoms with van der Waals surface area (Å²) in [5.74, 6) is 0.0549. The molecule has 1 saturated heterocycles. The quantitative estimate of drug-likeness (QED) is 0.567. The Morgan fingerprint density at radius 3 is 2.12 bits per heavy atom. The van der Waals surface area contributed by atoms with Crippen LogP contribution in [0.4, 0.5) is 0 Å². The van der Waals surface area contributed by atoms with Crippen LogP contribution in [-0.4, -0.2) is 64.5 Å². The third-order valence-electron chi connectivity index (χ3n) is 6.54. The Kier molecular flexibility index (Phi) is 6.29. The van der Waals surface area contributed by atoms with Crippen LogP contribution in [0.1, 0.15) is 58.2 Å². The second-order valence-corrected chi connectivity index (χ2v) is 11.5. The van der Waals surface area contributed by atoms with E-state index in [2.05, 4.69) is 5.10 Å². The van der Waals surface area contributed by atoms with Crippen molar-refractivity contribution in [2.75, 3.05) is 26.2 Å². The van der Waals surface area contributed by atoms with Crippen LogP contribution >= 0.6 is 0 Å². The van der Waals surface area contributed by atoms with E-state index in [1.54, 1.807) is 9.58 Å². The molecule has 0 unspecified atom stereocenters. The number of piperazine rings is 1. The summed E-state index contributed by atoms with van der Waals surface area (Å²) in [5, 5.41) is 5.24. The average Bonchev–Trinajstić information content (AvgIpc) is 3.05. The highest BCUT2D eigenvalue weighted by Gasteiger charge is 2.33. The number of carbonyl (C=O) groups is 1. The van der Waals surface area contributed by atoms with Crippen molar-refractivity contribution in [3.63, 3.8) is 0 Å². The number of hydrogen-bond acceptors (Lipinski definition) is 5. The summed E-state index contributed by atoms with van der Waals surface area (Å²) in [6.45, 7) is 12.8. The van der Waals surface area contributed by atoms with E-state index >= 15 is 0 Å². The van der Waals surface area contributed by atoms with E-state index in [1.807, 2.05) is 66.8 Å². The Hall–Kier alpha value is -2.78. The monoisotopic (exact) mass is 483 g/mol. The van der Waals surface area contributed by atoms with E-state index in [4.69, 9.17) is 4.98 Å². The summed E-state index contributed by atoms with van der Waals surface area (Å²) in [6, 6.07) is 5.67. The normalized spacial score (nSPS) is 15.5. The van der Waals surface area contributed by atoms with Crippen LogP contribution in [0.15, 0.2) is 23.1 Å². The van der Waals surface area contributed by atoms with Gasteiger partial charge in [0.15, 0.2) is 5.65 Å². The Bertz CT molecular complexity index is 1360. The molecular weight excluding hydrogens is 450 g/mol. The molecule has 3 heterocycles. The molecule has 1 aromatic carbocycles. The molecule has 3 aromatic rings. The van der Waals surface area contributed by atoms with Crippen LogP contribution in [0.25, 0.3) is 11.0 Å². The van der Waals surface area contributed by atoms with Gasteiger partial charge in [-0.2, -0.15) is 9.40 Å². The number of aromatic nitrogens is 3. The Balaban J connectivity index is 1.61. The minimum Gasteiger partial charge on any atom is -0.336 e. The zero-order chi connectivity index (χ0) is 24.9. The van der Waals surface area contributed by atoms with Gasteiger partial charge in [-0.1, -0.05) is 31.5 Å². The summed E-state index contributed by atoms with van der Waals surface area (Å²) in [7, 11) is -1.81. The smallest absolute Gasteiger partial charge is 0.254 e. The summed E-state index contributed by atoms with van der Waals surface area (Å²) in [6.07, 6.45) is 0. The largest absolute Gasteiger partial charge is 0.336 e. The number of aryl methyl sites for hydroxylation is 5. The molecule has 1 fully saturated rings. The SMILES string of the molecule is Cc1cc(C)c(S(=O)(=O)N2CCN(C(=O)c3cc(C(C)C)nc4c3c(C)nn4C)CC2)c(C)c1. The van der Waals surface area contributed by atoms with Gasteiger partial charge in [0.05, 0.1) is 21.5 Å². The van der Waals surface area contributed by atoms with Gasteiger partial charge < -0.3 is 4.90 Å². The molecule has 4 rings (SSSR count). The summed E-state index contributed by atoms with van der Waals surface area (Å²) >= 11 is 0. The number of amides is 1. The Labute approximate surface area is 201 Å². The number of fused-ring (bicyclic) bond motifs is 1. The molecule has 0 spiro atoms. The third-order valence-corrected chi connectivity index (χ3v) is 8.74. The van der Waals surface area contributed by atoms with E-state index in [0.717, 1.165) is 33.5 Å². The maximum atomic E-state index is 13.6. The predicted molar refractivity (Wildman–Crippen MR) is 133 cm³/mol. The molecule has 182 valence electrons. The number of hydrogen-bond donors (Lipinski definition) is 0. The Morgan fingerprint density at radius 1 is 0.971 bits per heavy atom. The van der Waals surface area contributed by atoms with Gasteiger partial charge in [0.2, 0.25) is 10.0 Å². The number of carbonyl (C=O) groups excluding carboxylic acids is 1. The zero-order valence-electron chi connectivity index (χ0n) is 21.0. The highest BCUT2D eigenvalue weighted by Crippen LogP contribution is 2.28. The first-order chi connectivity index (χ1) is 15.9. The number of rotatable bonds is 4. The Morgan fingerprint density at radius 2 is 1.56 bits per heavy atom. The van der Waals surface area contributed by atoms with Crippen molar-refractivity contribution in [2.45, 2.75) is 52.4 Å². The van der Waals surface area contributed by atoms with Crippen molar-refractivity contribution in [3.05, 3.63) is 51.8 Å². The van der Waals surface area contributed by atoms with Crippen LogP contribution in [0.3, 0.4) is 0 Å².